The van der Waals surface area contributed by atoms with Crippen LogP contribution < -0.4 is 0 Å². The number of nitrogens with zero attached hydrogens (tertiary/aromatic N) is 1. The summed E-state index contributed by atoms with van der Waals surface area (Å²) in [5.41, 5.74) is -0.0838. The Labute approximate surface area is 79.0 Å². The van der Waals surface area contributed by atoms with E-state index < -0.39 is 0 Å². The third-order valence-electron chi connectivity index (χ3n) is 3.55. The summed E-state index contributed by atoms with van der Waals surface area (Å²) in [6.45, 7) is 2.19. The molecule has 1 saturated heterocycles. The number of carbonyl (C=O) groups excluding carboxylic acids is 1. The SMILES string of the molecule is COC(=O)C1(C2CCN(C)C2)CC1. The van der Waals surface area contributed by atoms with Crippen molar-refractivity contribution in [3.63, 3.8) is 0 Å². The van der Waals surface area contributed by atoms with Crippen LogP contribution in [0.4, 0.5) is 0 Å². The van der Waals surface area contributed by atoms with Crippen molar-refractivity contribution < 1.29 is 9.53 Å². The van der Waals surface area contributed by atoms with E-state index in [0.717, 1.165) is 32.4 Å². The molecule has 2 fully saturated rings. The smallest absolute Gasteiger partial charge is 0.312 e. The highest BCUT2D eigenvalue weighted by Crippen LogP contribution is 2.55. The molecule has 2 aliphatic rings. The van der Waals surface area contributed by atoms with Crippen molar-refractivity contribution in [1.29, 1.82) is 0 Å². The van der Waals surface area contributed by atoms with Gasteiger partial charge in [-0.15, -0.1) is 0 Å². The molecule has 1 saturated carbocycles. The molecule has 0 amide bonds. The molecule has 74 valence electrons. The predicted octanol–water partition coefficient (Wildman–Crippen LogP) is 0.891. The van der Waals surface area contributed by atoms with E-state index in [9.17, 15) is 4.79 Å². The fourth-order valence-electron chi connectivity index (χ4n) is 2.50. The molecular weight excluding hydrogens is 166 g/mol. The molecule has 0 N–H and O–H groups in total. The Kier molecular flexibility index (Phi) is 2.06. The van der Waals surface area contributed by atoms with E-state index >= 15 is 0 Å². The lowest BCUT2D eigenvalue weighted by Crippen LogP contribution is -2.28. The highest BCUT2D eigenvalue weighted by atomic mass is 16.5. The Hall–Kier alpha value is -0.570. The average molecular weight is 183 g/mol. The summed E-state index contributed by atoms with van der Waals surface area (Å²) in [4.78, 5) is 13.8. The fraction of sp³-hybridized carbons (Fsp3) is 0.900. The van der Waals surface area contributed by atoms with Gasteiger partial charge in [0.25, 0.3) is 0 Å². The molecule has 0 bridgehead atoms. The normalized spacial score (nSPS) is 31.7. The second-order valence-corrected chi connectivity index (χ2v) is 4.40. The summed E-state index contributed by atoms with van der Waals surface area (Å²) >= 11 is 0. The molecule has 3 nitrogen and oxygen atoms in total. The first kappa shape index (κ1) is 9.00. The second-order valence-electron chi connectivity index (χ2n) is 4.40. The third kappa shape index (κ3) is 1.35. The van der Waals surface area contributed by atoms with Crippen LogP contribution in [-0.2, 0) is 9.53 Å². The van der Waals surface area contributed by atoms with E-state index in [1.807, 2.05) is 0 Å². The van der Waals surface area contributed by atoms with Crippen LogP contribution in [0.5, 0.6) is 0 Å². The van der Waals surface area contributed by atoms with Crippen LogP contribution >= 0.6 is 0 Å². The first-order chi connectivity index (χ1) is 6.19. The lowest BCUT2D eigenvalue weighted by molar-refractivity contribution is -0.149. The Morgan fingerprint density at radius 1 is 1.54 bits per heavy atom. The van der Waals surface area contributed by atoms with Gasteiger partial charge >= 0.3 is 5.97 Å². The van der Waals surface area contributed by atoms with Crippen molar-refractivity contribution in [2.45, 2.75) is 19.3 Å². The molecule has 1 unspecified atom stereocenters. The number of ether oxygens (including phenoxy) is 1. The molecule has 0 radical (unpaired) electrons. The summed E-state index contributed by atoms with van der Waals surface area (Å²) in [7, 11) is 3.62. The van der Waals surface area contributed by atoms with E-state index in [-0.39, 0.29) is 11.4 Å². The minimum absolute atomic E-state index is 0.0211. The summed E-state index contributed by atoms with van der Waals surface area (Å²) < 4.78 is 4.87. The van der Waals surface area contributed by atoms with Gasteiger partial charge in [-0.2, -0.15) is 0 Å². The monoisotopic (exact) mass is 183 g/mol. The molecule has 1 atom stereocenters. The molecular formula is C10H17NO2. The van der Waals surface area contributed by atoms with Crippen molar-refractivity contribution in [2.24, 2.45) is 11.3 Å². The number of rotatable bonds is 2. The quantitative estimate of drug-likeness (QED) is 0.595. The molecule has 2 rings (SSSR count). The molecule has 0 aromatic heterocycles. The van der Waals surface area contributed by atoms with Crippen LogP contribution in [0.2, 0.25) is 0 Å². The lowest BCUT2D eigenvalue weighted by Gasteiger charge is -2.19. The standard InChI is InChI=1S/C10H17NO2/c1-11-6-3-8(7-11)10(4-5-10)9(12)13-2/h8H,3-7H2,1-2H3. The van der Waals surface area contributed by atoms with Crippen LogP contribution in [0.25, 0.3) is 0 Å². The van der Waals surface area contributed by atoms with Crippen LogP contribution in [0.3, 0.4) is 0 Å². The zero-order valence-corrected chi connectivity index (χ0v) is 8.38. The van der Waals surface area contributed by atoms with E-state index in [1.165, 1.54) is 7.11 Å². The van der Waals surface area contributed by atoms with Gasteiger partial charge in [-0.25, -0.2) is 0 Å². The zero-order valence-electron chi connectivity index (χ0n) is 8.38. The van der Waals surface area contributed by atoms with Gasteiger partial charge in [-0.3, -0.25) is 4.79 Å². The summed E-state index contributed by atoms with van der Waals surface area (Å²) in [6.07, 6.45) is 3.24. The van der Waals surface area contributed by atoms with Gasteiger partial charge < -0.3 is 9.64 Å². The average Bonchev–Trinajstić information content (AvgIpc) is 2.83. The van der Waals surface area contributed by atoms with Crippen molar-refractivity contribution in [3.05, 3.63) is 0 Å². The third-order valence-corrected chi connectivity index (χ3v) is 3.55. The maximum absolute atomic E-state index is 11.5. The number of esters is 1. The van der Waals surface area contributed by atoms with E-state index in [2.05, 4.69) is 11.9 Å². The van der Waals surface area contributed by atoms with E-state index in [0.29, 0.717) is 5.92 Å². The molecule has 1 aliphatic heterocycles. The van der Waals surface area contributed by atoms with Crippen LogP contribution in [0, 0.1) is 11.3 Å². The second kappa shape index (κ2) is 2.98. The molecule has 0 aromatic carbocycles. The van der Waals surface area contributed by atoms with Crippen LogP contribution in [0.1, 0.15) is 19.3 Å². The van der Waals surface area contributed by atoms with Crippen molar-refractivity contribution in [3.8, 4) is 0 Å². The molecule has 1 heterocycles. The maximum atomic E-state index is 11.5. The number of methoxy groups -OCH3 is 1. The van der Waals surface area contributed by atoms with E-state index in [1.54, 1.807) is 0 Å². The molecule has 13 heavy (non-hydrogen) atoms. The predicted molar refractivity (Wildman–Crippen MR) is 49.3 cm³/mol. The number of hydrogen-bond donors (Lipinski definition) is 0. The molecule has 1 aliphatic carbocycles. The maximum Gasteiger partial charge on any atom is 0.312 e. The van der Waals surface area contributed by atoms with Gasteiger partial charge in [0.15, 0.2) is 0 Å². The summed E-state index contributed by atoms with van der Waals surface area (Å²) in [5, 5.41) is 0. The van der Waals surface area contributed by atoms with Crippen molar-refractivity contribution >= 4 is 5.97 Å². The van der Waals surface area contributed by atoms with Gasteiger partial charge in [0.05, 0.1) is 12.5 Å². The molecule has 0 aromatic rings. The fourth-order valence-corrected chi connectivity index (χ4v) is 2.50. The first-order valence-electron chi connectivity index (χ1n) is 4.96. The van der Waals surface area contributed by atoms with Gasteiger partial charge in [0.2, 0.25) is 0 Å². The summed E-state index contributed by atoms with van der Waals surface area (Å²) in [6, 6.07) is 0. The largest absolute Gasteiger partial charge is 0.469 e. The molecule has 3 heteroatoms. The van der Waals surface area contributed by atoms with Crippen LogP contribution in [0.15, 0.2) is 0 Å². The Bertz CT molecular complexity index is 223. The minimum Gasteiger partial charge on any atom is -0.469 e. The highest BCUT2D eigenvalue weighted by molar-refractivity contribution is 5.80. The topological polar surface area (TPSA) is 29.5 Å². The van der Waals surface area contributed by atoms with Gasteiger partial charge in [-0.05, 0) is 38.8 Å². The minimum atomic E-state index is -0.0838. The van der Waals surface area contributed by atoms with E-state index in [4.69, 9.17) is 4.74 Å². The highest BCUT2D eigenvalue weighted by Gasteiger charge is 2.57. The first-order valence-corrected chi connectivity index (χ1v) is 4.96. The zero-order chi connectivity index (χ0) is 9.47. The number of hydrogen-bond acceptors (Lipinski definition) is 3. The Morgan fingerprint density at radius 3 is 2.62 bits per heavy atom. The van der Waals surface area contributed by atoms with Crippen molar-refractivity contribution in [2.75, 3.05) is 27.2 Å². The number of carbonyl (C=O) groups is 1. The number of likely N-dealkylation sites (tertiary alicyclic amines) is 1. The van der Waals surface area contributed by atoms with Gasteiger partial charge in [0.1, 0.15) is 0 Å². The Morgan fingerprint density at radius 2 is 2.23 bits per heavy atom. The lowest BCUT2D eigenvalue weighted by atomic mass is 9.88. The van der Waals surface area contributed by atoms with Crippen LogP contribution in [-0.4, -0.2) is 38.1 Å². The van der Waals surface area contributed by atoms with Crippen molar-refractivity contribution in [1.82, 2.24) is 4.90 Å². The van der Waals surface area contributed by atoms with Gasteiger partial charge in [-0.1, -0.05) is 0 Å². The summed E-state index contributed by atoms with van der Waals surface area (Å²) in [5.74, 6) is 0.567. The Balaban J connectivity index is 2.03. The van der Waals surface area contributed by atoms with Gasteiger partial charge in [0, 0.05) is 6.54 Å². The molecule has 0 spiro atoms.